The van der Waals surface area contributed by atoms with E-state index in [2.05, 4.69) is 17.2 Å². The lowest BCUT2D eigenvalue weighted by atomic mass is 10.1. The van der Waals surface area contributed by atoms with Crippen LogP contribution in [0.1, 0.15) is 58.9 Å². The maximum Gasteiger partial charge on any atom is 0.274 e. The van der Waals surface area contributed by atoms with Crippen molar-refractivity contribution < 1.29 is 9.59 Å². The first-order valence-electron chi connectivity index (χ1n) is 11.6. The molecule has 33 heavy (non-hydrogen) atoms. The Kier molecular flexibility index (Phi) is 5.66. The SMILES string of the molecule is CCn1ccc(C(=O)N2CCC[C@H]2c2nc(C)c3c(n2)N(CCc2ccccc2)C(=O)C3)n1. The lowest BCUT2D eigenvalue weighted by Crippen LogP contribution is -2.33. The lowest BCUT2D eigenvalue weighted by Gasteiger charge is -2.24. The molecule has 2 aromatic heterocycles. The van der Waals surface area contributed by atoms with Crippen molar-refractivity contribution in [3.8, 4) is 0 Å². The zero-order chi connectivity index (χ0) is 22.9. The van der Waals surface area contributed by atoms with E-state index >= 15 is 0 Å². The summed E-state index contributed by atoms with van der Waals surface area (Å²) in [6, 6.07) is 11.7. The predicted octanol–water partition coefficient (Wildman–Crippen LogP) is 3.11. The summed E-state index contributed by atoms with van der Waals surface area (Å²) < 4.78 is 1.75. The first-order chi connectivity index (χ1) is 16.0. The van der Waals surface area contributed by atoms with E-state index in [-0.39, 0.29) is 17.9 Å². The van der Waals surface area contributed by atoms with Gasteiger partial charge in [-0.2, -0.15) is 5.10 Å². The second-order valence-corrected chi connectivity index (χ2v) is 8.64. The molecule has 0 saturated carbocycles. The van der Waals surface area contributed by atoms with Gasteiger partial charge in [-0.05, 0) is 44.7 Å². The van der Waals surface area contributed by atoms with Crippen LogP contribution in [0.25, 0.3) is 0 Å². The summed E-state index contributed by atoms with van der Waals surface area (Å²) in [5, 5.41) is 4.38. The average Bonchev–Trinajstić information content (AvgIpc) is 3.57. The number of nitrogens with zero attached hydrogens (tertiary/aromatic N) is 6. The summed E-state index contributed by atoms with van der Waals surface area (Å²) in [4.78, 5) is 39.2. The predicted molar refractivity (Wildman–Crippen MR) is 124 cm³/mol. The number of fused-ring (bicyclic) bond motifs is 1. The van der Waals surface area contributed by atoms with Crippen LogP contribution >= 0.6 is 0 Å². The molecule has 2 amide bonds. The minimum absolute atomic E-state index is 0.0555. The Morgan fingerprint density at radius 3 is 2.73 bits per heavy atom. The van der Waals surface area contributed by atoms with Gasteiger partial charge in [-0.3, -0.25) is 19.2 Å². The zero-order valence-corrected chi connectivity index (χ0v) is 19.1. The van der Waals surface area contributed by atoms with Crippen molar-refractivity contribution in [1.82, 2.24) is 24.6 Å². The molecule has 0 unspecified atom stereocenters. The second kappa shape index (κ2) is 8.77. The minimum atomic E-state index is -0.208. The normalized spacial score (nSPS) is 17.6. The topological polar surface area (TPSA) is 84.2 Å². The van der Waals surface area contributed by atoms with Crippen LogP contribution in [0.15, 0.2) is 42.6 Å². The van der Waals surface area contributed by atoms with E-state index in [9.17, 15) is 9.59 Å². The van der Waals surface area contributed by atoms with E-state index < -0.39 is 0 Å². The third-order valence-electron chi connectivity index (χ3n) is 6.56. The van der Waals surface area contributed by atoms with Crippen LogP contribution in [-0.2, 0) is 24.2 Å². The molecule has 8 nitrogen and oxygen atoms in total. The van der Waals surface area contributed by atoms with Gasteiger partial charge in [0.05, 0.1) is 12.5 Å². The van der Waals surface area contributed by atoms with Gasteiger partial charge in [0.2, 0.25) is 5.91 Å². The van der Waals surface area contributed by atoms with Crippen molar-refractivity contribution in [2.24, 2.45) is 0 Å². The highest BCUT2D eigenvalue weighted by Gasteiger charge is 2.37. The number of carbonyl (C=O) groups is 2. The molecule has 2 aliphatic heterocycles. The zero-order valence-electron chi connectivity index (χ0n) is 19.1. The van der Waals surface area contributed by atoms with Crippen LogP contribution in [0, 0.1) is 6.92 Å². The van der Waals surface area contributed by atoms with E-state index in [0.717, 1.165) is 37.1 Å². The van der Waals surface area contributed by atoms with E-state index in [1.54, 1.807) is 15.6 Å². The number of hydrogen-bond acceptors (Lipinski definition) is 5. The molecule has 1 fully saturated rings. The van der Waals surface area contributed by atoms with Gasteiger partial charge in [-0.1, -0.05) is 30.3 Å². The van der Waals surface area contributed by atoms with Crippen molar-refractivity contribution in [2.45, 2.75) is 52.1 Å². The molecule has 8 heteroatoms. The maximum absolute atomic E-state index is 13.2. The standard InChI is InChI=1S/C25H28N6O2/c1-3-29-14-12-20(28-29)25(33)30-13-7-10-21(30)23-26-17(2)19-16-22(32)31(24(19)27-23)15-11-18-8-5-4-6-9-18/h4-6,8-9,12,14,21H,3,7,10-11,13,15-16H2,1-2H3/t21-/m0/s1. The smallest absolute Gasteiger partial charge is 0.274 e. The largest absolute Gasteiger partial charge is 0.327 e. The molecule has 170 valence electrons. The van der Waals surface area contributed by atoms with E-state index in [4.69, 9.17) is 9.97 Å². The van der Waals surface area contributed by atoms with E-state index in [1.165, 1.54) is 5.56 Å². The highest BCUT2D eigenvalue weighted by atomic mass is 16.2. The second-order valence-electron chi connectivity index (χ2n) is 8.64. The average molecular weight is 445 g/mol. The third kappa shape index (κ3) is 4.01. The Bertz CT molecular complexity index is 1190. The number of amides is 2. The fourth-order valence-electron chi connectivity index (χ4n) is 4.74. The molecule has 2 aliphatic rings. The maximum atomic E-state index is 13.2. The van der Waals surface area contributed by atoms with Crippen LogP contribution in [0.5, 0.6) is 0 Å². The number of anilines is 1. The molecule has 1 atom stereocenters. The van der Waals surface area contributed by atoms with Gasteiger partial charge < -0.3 is 4.90 Å². The van der Waals surface area contributed by atoms with E-state index in [1.807, 2.05) is 43.1 Å². The van der Waals surface area contributed by atoms with Gasteiger partial charge in [0.25, 0.3) is 5.91 Å². The number of hydrogen-bond donors (Lipinski definition) is 0. The first-order valence-corrected chi connectivity index (χ1v) is 11.6. The molecule has 0 radical (unpaired) electrons. The summed E-state index contributed by atoms with van der Waals surface area (Å²) in [5.41, 5.74) is 3.35. The van der Waals surface area contributed by atoms with Crippen LogP contribution in [0.2, 0.25) is 0 Å². The van der Waals surface area contributed by atoms with Gasteiger partial charge in [0.15, 0.2) is 5.82 Å². The Hall–Kier alpha value is -3.55. The highest BCUT2D eigenvalue weighted by molar-refractivity contribution is 6.00. The molecule has 5 rings (SSSR count). The van der Waals surface area contributed by atoms with Crippen LogP contribution < -0.4 is 4.90 Å². The van der Waals surface area contributed by atoms with Gasteiger partial charge in [-0.25, -0.2) is 9.97 Å². The number of carbonyl (C=O) groups excluding carboxylic acids is 2. The molecule has 0 aliphatic carbocycles. The van der Waals surface area contributed by atoms with Gasteiger partial charge in [-0.15, -0.1) is 0 Å². The molecule has 0 spiro atoms. The fourth-order valence-corrected chi connectivity index (χ4v) is 4.74. The van der Waals surface area contributed by atoms with E-state index in [0.29, 0.717) is 36.8 Å². The number of likely N-dealkylation sites (tertiary alicyclic amines) is 1. The van der Waals surface area contributed by atoms with Gasteiger partial charge in [0, 0.05) is 37.1 Å². The van der Waals surface area contributed by atoms with Crippen LogP contribution in [-0.4, -0.2) is 49.6 Å². The Morgan fingerprint density at radius 2 is 1.97 bits per heavy atom. The van der Waals surface area contributed by atoms with Crippen LogP contribution in [0.4, 0.5) is 5.82 Å². The molecule has 0 N–H and O–H groups in total. The molecule has 1 aromatic carbocycles. The molecular weight excluding hydrogens is 416 g/mol. The molecule has 4 heterocycles. The van der Waals surface area contributed by atoms with Crippen molar-refractivity contribution in [2.75, 3.05) is 18.0 Å². The third-order valence-corrected chi connectivity index (χ3v) is 6.56. The molecule has 3 aromatic rings. The van der Waals surface area contributed by atoms with Crippen molar-refractivity contribution in [3.63, 3.8) is 0 Å². The minimum Gasteiger partial charge on any atom is -0.327 e. The Morgan fingerprint density at radius 1 is 1.15 bits per heavy atom. The summed E-state index contributed by atoms with van der Waals surface area (Å²) in [7, 11) is 0. The number of aryl methyl sites for hydroxylation is 2. The van der Waals surface area contributed by atoms with Gasteiger partial charge in [0.1, 0.15) is 11.5 Å². The summed E-state index contributed by atoms with van der Waals surface area (Å²) >= 11 is 0. The van der Waals surface area contributed by atoms with Crippen molar-refractivity contribution in [3.05, 3.63) is 70.9 Å². The summed E-state index contributed by atoms with van der Waals surface area (Å²) in [5.74, 6) is 1.28. The quantitative estimate of drug-likeness (QED) is 0.583. The Balaban J connectivity index is 1.41. The first kappa shape index (κ1) is 21.3. The fraction of sp³-hybridized carbons (Fsp3) is 0.400. The van der Waals surface area contributed by atoms with Crippen molar-refractivity contribution in [1.29, 1.82) is 0 Å². The molecule has 1 saturated heterocycles. The summed E-state index contributed by atoms with van der Waals surface area (Å²) in [6.07, 6.45) is 4.61. The molecule has 0 bridgehead atoms. The lowest BCUT2D eigenvalue weighted by molar-refractivity contribution is -0.117. The van der Waals surface area contributed by atoms with Crippen molar-refractivity contribution >= 4 is 17.6 Å². The van der Waals surface area contributed by atoms with Gasteiger partial charge >= 0.3 is 0 Å². The van der Waals surface area contributed by atoms with Crippen LogP contribution in [0.3, 0.4) is 0 Å². The number of rotatable bonds is 6. The monoisotopic (exact) mass is 444 g/mol. The molecular formula is C25H28N6O2. The number of benzene rings is 1. The number of aromatic nitrogens is 4. The highest BCUT2D eigenvalue weighted by Crippen LogP contribution is 2.35. The summed E-state index contributed by atoms with van der Waals surface area (Å²) in [6.45, 7) is 5.87. The Labute approximate surface area is 193 Å².